The van der Waals surface area contributed by atoms with E-state index in [1.54, 1.807) is 12.3 Å². The Bertz CT molecular complexity index is 1230. The quantitative estimate of drug-likeness (QED) is 0.625. The summed E-state index contributed by atoms with van der Waals surface area (Å²) >= 11 is 0. The number of aromatic nitrogens is 4. The summed E-state index contributed by atoms with van der Waals surface area (Å²) in [7, 11) is 0. The van der Waals surface area contributed by atoms with E-state index < -0.39 is 17.0 Å². The predicted octanol–water partition coefficient (Wildman–Crippen LogP) is 4.60. The summed E-state index contributed by atoms with van der Waals surface area (Å²) < 4.78 is 28.7. The first-order valence-electron chi connectivity index (χ1n) is 9.88. The number of halogens is 2. The molecule has 3 aromatic rings. The van der Waals surface area contributed by atoms with Gasteiger partial charge < -0.3 is 0 Å². The Kier molecular flexibility index (Phi) is 3.82. The molecule has 2 aliphatic carbocycles. The van der Waals surface area contributed by atoms with Crippen molar-refractivity contribution in [1.82, 2.24) is 20.2 Å². The molecular formula is C23H19F2N5. The molecule has 2 aromatic heterocycles. The standard InChI is InChI=1S/C23H19F2N5/c1-12-15(11-27-19(10-26)28-12)23-8-7-14(22(23,2)3)13-9-18(29-30-21(13)23)20-16(24)5-4-6-17(20)25/h4-6,9,11,14H,7-8H2,1-3H3/t14-,23?/m0/s1. The zero-order valence-electron chi connectivity index (χ0n) is 16.9. The molecule has 1 aromatic carbocycles. The van der Waals surface area contributed by atoms with Gasteiger partial charge in [0.25, 0.3) is 0 Å². The topological polar surface area (TPSA) is 75.3 Å². The molecule has 0 amide bonds. The molecule has 2 bridgehead atoms. The fourth-order valence-electron chi connectivity index (χ4n) is 5.73. The van der Waals surface area contributed by atoms with Gasteiger partial charge in [0, 0.05) is 22.9 Å². The molecule has 0 N–H and O–H groups in total. The first-order chi connectivity index (χ1) is 14.3. The van der Waals surface area contributed by atoms with Crippen LogP contribution >= 0.6 is 0 Å². The number of rotatable bonds is 2. The van der Waals surface area contributed by atoms with Crippen LogP contribution in [0.3, 0.4) is 0 Å². The van der Waals surface area contributed by atoms with Gasteiger partial charge in [0.1, 0.15) is 17.7 Å². The van der Waals surface area contributed by atoms with Crippen LogP contribution < -0.4 is 0 Å². The lowest BCUT2D eigenvalue weighted by molar-refractivity contribution is 0.246. The maximum absolute atomic E-state index is 14.3. The maximum Gasteiger partial charge on any atom is 0.232 e. The second-order valence-electron chi connectivity index (χ2n) is 8.65. The minimum absolute atomic E-state index is 0.134. The summed E-state index contributed by atoms with van der Waals surface area (Å²) in [6, 6.07) is 7.56. The van der Waals surface area contributed by atoms with E-state index in [4.69, 9.17) is 5.26 Å². The molecule has 1 fully saturated rings. The number of nitrogens with zero attached hydrogens (tertiary/aromatic N) is 5. The van der Waals surface area contributed by atoms with Crippen molar-refractivity contribution >= 4 is 0 Å². The van der Waals surface area contributed by atoms with Crippen LogP contribution in [0, 0.1) is 35.3 Å². The molecule has 7 heteroatoms. The Morgan fingerprint density at radius 1 is 1.17 bits per heavy atom. The van der Waals surface area contributed by atoms with Gasteiger partial charge in [-0.15, -0.1) is 5.10 Å². The lowest BCUT2D eigenvalue weighted by atomic mass is 9.64. The smallest absolute Gasteiger partial charge is 0.227 e. The van der Waals surface area contributed by atoms with E-state index in [0.29, 0.717) is 0 Å². The summed E-state index contributed by atoms with van der Waals surface area (Å²) in [4.78, 5) is 8.58. The molecule has 1 unspecified atom stereocenters. The number of fused-ring (bicyclic) bond motifs is 5. The molecule has 0 radical (unpaired) electrons. The van der Waals surface area contributed by atoms with Gasteiger partial charge in [0.05, 0.1) is 17.0 Å². The van der Waals surface area contributed by atoms with Crippen molar-refractivity contribution in [2.75, 3.05) is 0 Å². The van der Waals surface area contributed by atoms with Crippen LogP contribution in [-0.2, 0) is 5.41 Å². The summed E-state index contributed by atoms with van der Waals surface area (Å²) in [6.07, 6.45) is 3.51. The molecule has 150 valence electrons. The number of benzene rings is 1. The lowest BCUT2D eigenvalue weighted by Crippen LogP contribution is -2.38. The molecule has 5 nitrogen and oxygen atoms in total. The molecule has 5 rings (SSSR count). The minimum atomic E-state index is -0.655. The molecule has 0 saturated heterocycles. The fraction of sp³-hybridized carbons (Fsp3) is 0.348. The third-order valence-electron chi connectivity index (χ3n) is 7.14. The van der Waals surface area contributed by atoms with E-state index in [9.17, 15) is 8.78 Å². The Hall–Kier alpha value is -3.27. The first kappa shape index (κ1) is 18.7. The summed E-state index contributed by atoms with van der Waals surface area (Å²) in [5.41, 5.74) is 2.86. The second-order valence-corrected chi connectivity index (χ2v) is 8.65. The zero-order valence-corrected chi connectivity index (χ0v) is 16.9. The third kappa shape index (κ3) is 2.19. The SMILES string of the molecule is Cc1nc(C#N)ncc1C12CC[C@@H](c3cc(-c4c(F)cccc4F)nnc31)C2(C)C. The van der Waals surface area contributed by atoms with Crippen molar-refractivity contribution in [2.45, 2.75) is 44.9 Å². The summed E-state index contributed by atoms with van der Waals surface area (Å²) in [5, 5.41) is 17.9. The van der Waals surface area contributed by atoms with E-state index in [0.717, 1.165) is 35.4 Å². The Balaban J connectivity index is 1.74. The van der Waals surface area contributed by atoms with E-state index >= 15 is 0 Å². The Morgan fingerprint density at radius 2 is 1.90 bits per heavy atom. The van der Waals surface area contributed by atoms with Gasteiger partial charge in [-0.1, -0.05) is 19.9 Å². The molecule has 0 spiro atoms. The minimum Gasteiger partial charge on any atom is -0.227 e. The van der Waals surface area contributed by atoms with Gasteiger partial charge in [-0.2, -0.15) is 10.4 Å². The van der Waals surface area contributed by atoms with Crippen molar-refractivity contribution in [1.29, 1.82) is 5.26 Å². The van der Waals surface area contributed by atoms with Gasteiger partial charge >= 0.3 is 0 Å². The van der Waals surface area contributed by atoms with Gasteiger partial charge in [0.2, 0.25) is 5.82 Å². The highest BCUT2D eigenvalue weighted by Crippen LogP contribution is 2.69. The lowest BCUT2D eigenvalue weighted by Gasteiger charge is -2.38. The van der Waals surface area contributed by atoms with Gasteiger partial charge in [0.15, 0.2) is 0 Å². The summed E-state index contributed by atoms with van der Waals surface area (Å²) in [6.45, 7) is 6.26. The zero-order chi connectivity index (χ0) is 21.3. The van der Waals surface area contributed by atoms with E-state index in [-0.39, 0.29) is 28.4 Å². The molecule has 2 aliphatic rings. The number of hydrogen-bond donors (Lipinski definition) is 0. The Labute approximate surface area is 172 Å². The number of aryl methyl sites for hydroxylation is 1. The molecule has 1 saturated carbocycles. The van der Waals surface area contributed by atoms with E-state index in [1.807, 2.05) is 13.0 Å². The molecule has 2 heterocycles. The van der Waals surface area contributed by atoms with Crippen molar-refractivity contribution in [3.63, 3.8) is 0 Å². The number of nitriles is 1. The normalized spacial score (nSPS) is 23.3. The first-order valence-corrected chi connectivity index (χ1v) is 9.88. The number of hydrogen-bond acceptors (Lipinski definition) is 5. The van der Waals surface area contributed by atoms with Crippen molar-refractivity contribution < 1.29 is 8.78 Å². The largest absolute Gasteiger partial charge is 0.232 e. The molecule has 2 atom stereocenters. The van der Waals surface area contributed by atoms with Crippen LogP contribution in [0.2, 0.25) is 0 Å². The van der Waals surface area contributed by atoms with E-state index in [2.05, 4.69) is 34.0 Å². The highest BCUT2D eigenvalue weighted by Gasteiger charge is 2.64. The van der Waals surface area contributed by atoms with Crippen LogP contribution in [0.5, 0.6) is 0 Å². The van der Waals surface area contributed by atoms with Crippen molar-refractivity contribution in [3.8, 4) is 17.3 Å². The molecular weight excluding hydrogens is 384 g/mol. The maximum atomic E-state index is 14.3. The predicted molar refractivity (Wildman–Crippen MR) is 105 cm³/mol. The summed E-state index contributed by atoms with van der Waals surface area (Å²) in [5.74, 6) is -1.00. The van der Waals surface area contributed by atoms with Crippen LogP contribution in [0.1, 0.15) is 60.9 Å². The molecule has 0 aliphatic heterocycles. The molecule has 30 heavy (non-hydrogen) atoms. The van der Waals surface area contributed by atoms with Gasteiger partial charge in [-0.25, -0.2) is 18.7 Å². The van der Waals surface area contributed by atoms with Crippen LogP contribution in [0.25, 0.3) is 11.3 Å². The third-order valence-corrected chi connectivity index (χ3v) is 7.14. The second kappa shape index (κ2) is 6.11. The van der Waals surface area contributed by atoms with Crippen LogP contribution in [0.4, 0.5) is 8.78 Å². The van der Waals surface area contributed by atoms with Crippen LogP contribution in [-0.4, -0.2) is 20.2 Å². The highest BCUT2D eigenvalue weighted by molar-refractivity contribution is 5.64. The van der Waals surface area contributed by atoms with Crippen LogP contribution in [0.15, 0.2) is 30.5 Å². The fourth-order valence-corrected chi connectivity index (χ4v) is 5.73. The van der Waals surface area contributed by atoms with Crippen molar-refractivity contribution in [2.24, 2.45) is 5.41 Å². The average molecular weight is 403 g/mol. The average Bonchev–Trinajstić information content (AvgIpc) is 3.09. The monoisotopic (exact) mass is 403 g/mol. The van der Waals surface area contributed by atoms with Gasteiger partial charge in [-0.05, 0) is 54.9 Å². The van der Waals surface area contributed by atoms with E-state index in [1.165, 1.54) is 18.2 Å². The van der Waals surface area contributed by atoms with Gasteiger partial charge in [-0.3, -0.25) is 0 Å². The van der Waals surface area contributed by atoms with Crippen molar-refractivity contribution in [3.05, 3.63) is 70.4 Å². The Morgan fingerprint density at radius 3 is 2.57 bits per heavy atom. The highest BCUT2D eigenvalue weighted by atomic mass is 19.1.